The van der Waals surface area contributed by atoms with Crippen molar-refractivity contribution >= 4 is 5.69 Å². The van der Waals surface area contributed by atoms with E-state index in [1.54, 1.807) is 6.20 Å². The molecule has 0 bridgehead atoms. The van der Waals surface area contributed by atoms with Crippen LogP contribution in [0.2, 0.25) is 0 Å². The normalized spacial score (nSPS) is 25.5. The van der Waals surface area contributed by atoms with Crippen LogP contribution in [0.5, 0.6) is 5.88 Å². The maximum Gasteiger partial charge on any atom is 0.213 e. The Morgan fingerprint density at radius 1 is 1.50 bits per heavy atom. The monoisotopic (exact) mass is 192 g/mol. The predicted octanol–water partition coefficient (Wildman–Crippen LogP) is 2.09. The average molecular weight is 192 g/mol. The third kappa shape index (κ3) is 1.97. The van der Waals surface area contributed by atoms with E-state index < -0.39 is 0 Å². The van der Waals surface area contributed by atoms with Crippen LogP contribution in [0.15, 0.2) is 18.3 Å². The van der Waals surface area contributed by atoms with Crippen LogP contribution >= 0.6 is 0 Å². The molecule has 1 fully saturated rings. The molecule has 1 heterocycles. The summed E-state index contributed by atoms with van der Waals surface area (Å²) in [6, 6.07) is 3.63. The summed E-state index contributed by atoms with van der Waals surface area (Å²) in [7, 11) is 0. The summed E-state index contributed by atoms with van der Waals surface area (Å²) in [4.78, 5) is 4.09. The van der Waals surface area contributed by atoms with Gasteiger partial charge in [-0.2, -0.15) is 0 Å². The third-order valence-corrected chi connectivity index (χ3v) is 3.00. The van der Waals surface area contributed by atoms with Crippen LogP contribution in [-0.4, -0.2) is 11.6 Å². The highest BCUT2D eigenvalue weighted by Crippen LogP contribution is 2.33. The first-order valence-electron chi connectivity index (χ1n) is 5.10. The summed E-state index contributed by atoms with van der Waals surface area (Å²) in [5.41, 5.74) is 6.20. The lowest BCUT2D eigenvalue weighted by Gasteiger charge is -2.33. The third-order valence-electron chi connectivity index (χ3n) is 3.00. The Labute approximate surface area is 84.3 Å². The quantitative estimate of drug-likeness (QED) is 0.797. The van der Waals surface area contributed by atoms with Gasteiger partial charge in [-0.25, -0.2) is 4.98 Å². The minimum Gasteiger partial charge on any atom is -0.477 e. The first kappa shape index (κ1) is 9.31. The van der Waals surface area contributed by atoms with E-state index >= 15 is 0 Å². The lowest BCUT2D eigenvalue weighted by Crippen LogP contribution is -2.28. The number of aromatic nitrogens is 1. The molecule has 2 atom stereocenters. The molecule has 3 heteroatoms. The molecule has 76 valence electrons. The number of hydrogen-bond acceptors (Lipinski definition) is 3. The van der Waals surface area contributed by atoms with Crippen LogP contribution < -0.4 is 10.5 Å². The molecule has 0 radical (unpaired) electrons. The minimum absolute atomic E-state index is 0.675. The van der Waals surface area contributed by atoms with Crippen molar-refractivity contribution in [2.45, 2.75) is 19.8 Å². The van der Waals surface area contributed by atoms with E-state index in [0.29, 0.717) is 17.5 Å². The highest BCUT2D eigenvalue weighted by Gasteiger charge is 2.27. The number of rotatable bonds is 3. The number of ether oxygens (including phenoxy) is 1. The molecular formula is C11H16N2O. The van der Waals surface area contributed by atoms with Gasteiger partial charge in [-0.1, -0.05) is 6.92 Å². The minimum atomic E-state index is 0.675. The van der Waals surface area contributed by atoms with Crippen LogP contribution in [0.4, 0.5) is 5.69 Å². The van der Waals surface area contributed by atoms with Crippen molar-refractivity contribution in [2.24, 2.45) is 11.8 Å². The molecular weight excluding hydrogens is 176 g/mol. The zero-order valence-electron chi connectivity index (χ0n) is 8.44. The van der Waals surface area contributed by atoms with E-state index in [2.05, 4.69) is 11.9 Å². The van der Waals surface area contributed by atoms with E-state index in [9.17, 15) is 0 Å². The van der Waals surface area contributed by atoms with Gasteiger partial charge in [0.15, 0.2) is 0 Å². The van der Waals surface area contributed by atoms with Crippen LogP contribution in [0.1, 0.15) is 19.8 Å². The Balaban J connectivity index is 1.83. The molecule has 0 spiro atoms. The SMILES string of the molecule is C[C@H]1CC[C@H]1COc1ccc(N)cn1. The summed E-state index contributed by atoms with van der Waals surface area (Å²) in [5, 5.41) is 0. The smallest absolute Gasteiger partial charge is 0.213 e. The summed E-state index contributed by atoms with van der Waals surface area (Å²) >= 11 is 0. The second-order valence-electron chi connectivity index (χ2n) is 4.06. The number of hydrogen-bond donors (Lipinski definition) is 1. The molecule has 2 N–H and O–H groups in total. The summed E-state index contributed by atoms with van der Waals surface area (Å²) < 4.78 is 5.57. The van der Waals surface area contributed by atoms with E-state index in [1.807, 2.05) is 12.1 Å². The van der Waals surface area contributed by atoms with E-state index in [1.165, 1.54) is 12.8 Å². The molecule has 0 unspecified atom stereocenters. The molecule has 1 aliphatic carbocycles. The number of anilines is 1. The Kier molecular flexibility index (Phi) is 2.57. The fraction of sp³-hybridized carbons (Fsp3) is 0.545. The van der Waals surface area contributed by atoms with E-state index in [4.69, 9.17) is 10.5 Å². The molecule has 14 heavy (non-hydrogen) atoms. The molecule has 1 aromatic heterocycles. The van der Waals surface area contributed by atoms with Gasteiger partial charge in [0.2, 0.25) is 5.88 Å². The number of nitrogens with two attached hydrogens (primary N) is 1. The molecule has 0 amide bonds. The van der Waals surface area contributed by atoms with Crippen LogP contribution in [-0.2, 0) is 0 Å². The van der Waals surface area contributed by atoms with E-state index in [0.717, 1.165) is 12.5 Å². The topological polar surface area (TPSA) is 48.1 Å². The highest BCUT2D eigenvalue weighted by atomic mass is 16.5. The molecule has 2 rings (SSSR count). The van der Waals surface area contributed by atoms with Crippen LogP contribution in [0.3, 0.4) is 0 Å². The van der Waals surface area contributed by atoms with Crippen molar-refractivity contribution in [1.82, 2.24) is 4.98 Å². The zero-order valence-corrected chi connectivity index (χ0v) is 8.44. The predicted molar refractivity (Wildman–Crippen MR) is 56.0 cm³/mol. The average Bonchev–Trinajstić information content (AvgIpc) is 2.19. The van der Waals surface area contributed by atoms with Crippen molar-refractivity contribution < 1.29 is 4.74 Å². The first-order valence-corrected chi connectivity index (χ1v) is 5.10. The summed E-state index contributed by atoms with van der Waals surface area (Å²) in [5.74, 6) is 2.21. The largest absolute Gasteiger partial charge is 0.477 e. The molecule has 0 aromatic carbocycles. The second kappa shape index (κ2) is 3.86. The Morgan fingerprint density at radius 2 is 2.36 bits per heavy atom. The molecule has 1 aliphatic rings. The second-order valence-corrected chi connectivity index (χ2v) is 4.06. The molecule has 1 saturated carbocycles. The van der Waals surface area contributed by atoms with Gasteiger partial charge in [-0.05, 0) is 30.7 Å². The van der Waals surface area contributed by atoms with Crippen LogP contribution in [0, 0.1) is 11.8 Å². The number of nitrogen functional groups attached to an aromatic ring is 1. The van der Waals surface area contributed by atoms with Crippen molar-refractivity contribution in [3.63, 3.8) is 0 Å². The molecule has 1 aromatic rings. The van der Waals surface area contributed by atoms with Crippen molar-refractivity contribution in [2.75, 3.05) is 12.3 Å². The molecule has 0 aliphatic heterocycles. The van der Waals surface area contributed by atoms with Gasteiger partial charge in [-0.15, -0.1) is 0 Å². The number of pyridine rings is 1. The lowest BCUT2D eigenvalue weighted by atomic mass is 9.75. The van der Waals surface area contributed by atoms with Crippen molar-refractivity contribution in [1.29, 1.82) is 0 Å². The standard InChI is InChI=1S/C11H16N2O/c1-8-2-3-9(8)7-14-11-5-4-10(12)6-13-11/h4-6,8-9H,2-3,7,12H2,1H3/t8-,9-/m0/s1. The lowest BCUT2D eigenvalue weighted by molar-refractivity contribution is 0.113. The first-order chi connectivity index (χ1) is 6.75. The maximum absolute atomic E-state index is 5.57. The van der Waals surface area contributed by atoms with Crippen LogP contribution in [0.25, 0.3) is 0 Å². The van der Waals surface area contributed by atoms with Gasteiger partial charge < -0.3 is 10.5 Å². The fourth-order valence-electron chi connectivity index (χ4n) is 1.65. The molecule has 3 nitrogen and oxygen atoms in total. The Hall–Kier alpha value is -1.25. The Morgan fingerprint density at radius 3 is 2.86 bits per heavy atom. The van der Waals surface area contributed by atoms with Crippen molar-refractivity contribution in [3.05, 3.63) is 18.3 Å². The zero-order chi connectivity index (χ0) is 9.97. The summed E-state index contributed by atoms with van der Waals surface area (Å²) in [6.07, 6.45) is 4.25. The van der Waals surface area contributed by atoms with Gasteiger partial charge in [-0.3, -0.25) is 0 Å². The van der Waals surface area contributed by atoms with Gasteiger partial charge in [0.05, 0.1) is 18.5 Å². The highest BCUT2D eigenvalue weighted by molar-refractivity contribution is 5.35. The summed E-state index contributed by atoms with van der Waals surface area (Å²) in [6.45, 7) is 3.06. The van der Waals surface area contributed by atoms with Gasteiger partial charge in [0, 0.05) is 6.07 Å². The van der Waals surface area contributed by atoms with Crippen molar-refractivity contribution in [3.8, 4) is 5.88 Å². The molecule has 0 saturated heterocycles. The number of nitrogens with zero attached hydrogens (tertiary/aromatic N) is 1. The van der Waals surface area contributed by atoms with Gasteiger partial charge in [0.1, 0.15) is 0 Å². The van der Waals surface area contributed by atoms with Gasteiger partial charge >= 0.3 is 0 Å². The fourth-order valence-corrected chi connectivity index (χ4v) is 1.65. The van der Waals surface area contributed by atoms with E-state index in [-0.39, 0.29) is 0 Å². The Bertz CT molecular complexity index is 297. The van der Waals surface area contributed by atoms with Gasteiger partial charge in [0.25, 0.3) is 0 Å². The maximum atomic E-state index is 5.57.